The molecule has 1 N–H and O–H groups in total. The van der Waals surface area contributed by atoms with Gasteiger partial charge in [0.1, 0.15) is 11.9 Å². The number of aryl methyl sites for hydroxylation is 2. The average molecular weight is 303 g/mol. The molecule has 1 aliphatic heterocycles. The van der Waals surface area contributed by atoms with E-state index in [1.165, 1.54) is 0 Å². The van der Waals surface area contributed by atoms with E-state index in [0.29, 0.717) is 24.4 Å². The second kappa shape index (κ2) is 5.96. The van der Waals surface area contributed by atoms with Crippen molar-refractivity contribution in [1.29, 1.82) is 0 Å². The number of likely N-dealkylation sites (tertiary alicyclic amines) is 1. The summed E-state index contributed by atoms with van der Waals surface area (Å²) < 4.78 is 6.94. The molecule has 2 atom stereocenters. The van der Waals surface area contributed by atoms with Crippen molar-refractivity contribution in [3.05, 3.63) is 41.6 Å². The first-order valence-electron chi connectivity index (χ1n) is 7.59. The van der Waals surface area contributed by atoms with Crippen molar-refractivity contribution in [2.45, 2.75) is 38.3 Å². The molecule has 1 aliphatic rings. The van der Waals surface area contributed by atoms with Gasteiger partial charge in [0.05, 0.1) is 6.26 Å². The third-order valence-electron chi connectivity index (χ3n) is 4.34. The molecule has 0 bridgehead atoms. The summed E-state index contributed by atoms with van der Waals surface area (Å²) in [5, 5.41) is 14.5. The Morgan fingerprint density at radius 1 is 1.59 bits per heavy atom. The zero-order chi connectivity index (χ0) is 15.7. The molecule has 2 aromatic heterocycles. The Hall–Kier alpha value is -2.08. The van der Waals surface area contributed by atoms with E-state index in [4.69, 9.17) is 4.42 Å². The number of amides is 1. The lowest BCUT2D eigenvalue weighted by Gasteiger charge is -2.25. The largest absolute Gasteiger partial charge is 0.467 e. The van der Waals surface area contributed by atoms with E-state index < -0.39 is 6.10 Å². The van der Waals surface area contributed by atoms with Crippen LogP contribution in [0.1, 0.15) is 47.3 Å². The summed E-state index contributed by atoms with van der Waals surface area (Å²) in [5.41, 5.74) is 1.43. The summed E-state index contributed by atoms with van der Waals surface area (Å²) in [4.78, 5) is 14.5. The fourth-order valence-electron chi connectivity index (χ4n) is 3.02. The number of aliphatic hydroxyl groups is 1. The molecular weight excluding hydrogens is 282 g/mol. The van der Waals surface area contributed by atoms with E-state index in [9.17, 15) is 9.90 Å². The van der Waals surface area contributed by atoms with Gasteiger partial charge in [0.15, 0.2) is 5.69 Å². The molecule has 22 heavy (non-hydrogen) atoms. The second-order valence-electron chi connectivity index (χ2n) is 5.86. The van der Waals surface area contributed by atoms with Crippen LogP contribution in [0.15, 0.2) is 28.9 Å². The quantitative estimate of drug-likeness (QED) is 0.938. The van der Waals surface area contributed by atoms with Crippen molar-refractivity contribution in [1.82, 2.24) is 14.7 Å². The molecule has 3 rings (SSSR count). The Morgan fingerprint density at radius 3 is 3.05 bits per heavy atom. The van der Waals surface area contributed by atoms with Gasteiger partial charge in [-0.3, -0.25) is 9.48 Å². The minimum atomic E-state index is -0.682. The first kappa shape index (κ1) is 14.8. The van der Waals surface area contributed by atoms with Crippen LogP contribution < -0.4 is 0 Å². The Labute approximate surface area is 129 Å². The Morgan fingerprint density at radius 2 is 2.41 bits per heavy atom. The topological polar surface area (TPSA) is 71.5 Å². The van der Waals surface area contributed by atoms with E-state index in [-0.39, 0.29) is 11.9 Å². The SMILES string of the molecule is Cc1cc(C(=O)N2CCCC2CC(O)c2ccco2)nn1C. The molecule has 1 fully saturated rings. The van der Waals surface area contributed by atoms with Crippen LogP contribution in [-0.2, 0) is 7.05 Å². The smallest absolute Gasteiger partial charge is 0.274 e. The summed E-state index contributed by atoms with van der Waals surface area (Å²) in [6, 6.07) is 5.34. The Balaban J connectivity index is 1.71. The number of carbonyl (C=O) groups is 1. The predicted molar refractivity (Wildman–Crippen MR) is 80.3 cm³/mol. The highest BCUT2D eigenvalue weighted by Gasteiger charge is 2.32. The van der Waals surface area contributed by atoms with Gasteiger partial charge in [0.25, 0.3) is 5.91 Å². The fourth-order valence-corrected chi connectivity index (χ4v) is 3.02. The average Bonchev–Trinajstić information content (AvgIpc) is 3.21. The number of hydrogen-bond donors (Lipinski definition) is 1. The fraction of sp³-hybridized carbons (Fsp3) is 0.500. The van der Waals surface area contributed by atoms with Crippen molar-refractivity contribution >= 4 is 5.91 Å². The predicted octanol–water partition coefficient (Wildman–Crippen LogP) is 2.05. The van der Waals surface area contributed by atoms with Gasteiger partial charge in [-0.15, -0.1) is 0 Å². The van der Waals surface area contributed by atoms with E-state index in [1.807, 2.05) is 18.9 Å². The number of rotatable bonds is 4. The number of carbonyl (C=O) groups excluding carboxylic acids is 1. The van der Waals surface area contributed by atoms with Gasteiger partial charge in [-0.05, 0) is 38.0 Å². The highest BCUT2D eigenvalue weighted by atomic mass is 16.4. The van der Waals surface area contributed by atoms with E-state index in [1.54, 1.807) is 29.1 Å². The lowest BCUT2D eigenvalue weighted by Crippen LogP contribution is -2.36. The third-order valence-corrected chi connectivity index (χ3v) is 4.34. The summed E-state index contributed by atoms with van der Waals surface area (Å²) in [6.07, 6.45) is 3.21. The van der Waals surface area contributed by atoms with Crippen LogP contribution in [0.4, 0.5) is 0 Å². The molecule has 0 saturated carbocycles. The van der Waals surface area contributed by atoms with Gasteiger partial charge in [0, 0.05) is 31.7 Å². The zero-order valence-corrected chi connectivity index (χ0v) is 12.9. The number of nitrogens with zero attached hydrogens (tertiary/aromatic N) is 3. The van der Waals surface area contributed by atoms with Crippen molar-refractivity contribution < 1.29 is 14.3 Å². The lowest BCUT2D eigenvalue weighted by molar-refractivity contribution is 0.0635. The van der Waals surface area contributed by atoms with Gasteiger partial charge in [-0.2, -0.15) is 5.10 Å². The molecule has 6 heteroatoms. The van der Waals surface area contributed by atoms with Crippen molar-refractivity contribution in [2.24, 2.45) is 7.05 Å². The molecule has 0 spiro atoms. The molecule has 1 saturated heterocycles. The van der Waals surface area contributed by atoms with Crippen LogP contribution in [0.3, 0.4) is 0 Å². The summed E-state index contributed by atoms with van der Waals surface area (Å²) in [5.74, 6) is 0.492. The minimum Gasteiger partial charge on any atom is -0.467 e. The van der Waals surface area contributed by atoms with Gasteiger partial charge in [-0.25, -0.2) is 0 Å². The molecule has 0 radical (unpaired) electrons. The molecule has 0 aliphatic carbocycles. The van der Waals surface area contributed by atoms with Gasteiger partial charge >= 0.3 is 0 Å². The summed E-state index contributed by atoms with van der Waals surface area (Å²) >= 11 is 0. The summed E-state index contributed by atoms with van der Waals surface area (Å²) in [6.45, 7) is 2.63. The Bertz CT molecular complexity index is 628. The molecule has 0 aromatic carbocycles. The van der Waals surface area contributed by atoms with Gasteiger partial charge in [-0.1, -0.05) is 0 Å². The van der Waals surface area contributed by atoms with Crippen LogP contribution in [0.2, 0.25) is 0 Å². The second-order valence-corrected chi connectivity index (χ2v) is 5.86. The molecular formula is C16H21N3O3. The summed E-state index contributed by atoms with van der Waals surface area (Å²) in [7, 11) is 1.83. The Kier molecular flexibility index (Phi) is 4.02. The first-order chi connectivity index (χ1) is 10.6. The maximum absolute atomic E-state index is 12.6. The van der Waals surface area contributed by atoms with Crippen LogP contribution in [0, 0.1) is 6.92 Å². The highest BCUT2D eigenvalue weighted by Crippen LogP contribution is 2.28. The van der Waals surface area contributed by atoms with Crippen LogP contribution >= 0.6 is 0 Å². The van der Waals surface area contributed by atoms with Gasteiger partial charge < -0.3 is 14.4 Å². The number of aliphatic hydroxyl groups excluding tert-OH is 1. The van der Waals surface area contributed by atoms with Crippen LogP contribution in [0.25, 0.3) is 0 Å². The van der Waals surface area contributed by atoms with Crippen molar-refractivity contribution in [2.75, 3.05) is 6.54 Å². The first-order valence-corrected chi connectivity index (χ1v) is 7.59. The van der Waals surface area contributed by atoms with Gasteiger partial charge in [0.2, 0.25) is 0 Å². The minimum absolute atomic E-state index is 0.0231. The highest BCUT2D eigenvalue weighted by molar-refractivity contribution is 5.92. The van der Waals surface area contributed by atoms with Crippen molar-refractivity contribution in [3.63, 3.8) is 0 Å². The lowest BCUT2D eigenvalue weighted by atomic mass is 10.0. The van der Waals surface area contributed by atoms with Crippen LogP contribution in [-0.4, -0.2) is 38.3 Å². The third kappa shape index (κ3) is 2.78. The molecule has 3 heterocycles. The maximum Gasteiger partial charge on any atom is 0.274 e. The molecule has 2 aromatic rings. The number of hydrogen-bond acceptors (Lipinski definition) is 4. The standard InChI is InChI=1S/C16H21N3O3/c1-11-9-13(17-18(11)2)16(21)19-7-3-5-12(19)10-14(20)15-6-4-8-22-15/h4,6,8-9,12,14,20H,3,5,7,10H2,1-2H3. The zero-order valence-electron chi connectivity index (χ0n) is 12.9. The van der Waals surface area contributed by atoms with Crippen molar-refractivity contribution in [3.8, 4) is 0 Å². The van der Waals surface area contributed by atoms with E-state index in [2.05, 4.69) is 5.10 Å². The molecule has 1 amide bonds. The normalized spacial score (nSPS) is 19.6. The number of furan rings is 1. The monoisotopic (exact) mass is 303 g/mol. The number of aromatic nitrogens is 2. The van der Waals surface area contributed by atoms with E-state index >= 15 is 0 Å². The van der Waals surface area contributed by atoms with E-state index in [0.717, 1.165) is 18.5 Å². The molecule has 2 unspecified atom stereocenters. The van der Waals surface area contributed by atoms with Crippen LogP contribution in [0.5, 0.6) is 0 Å². The maximum atomic E-state index is 12.6. The molecule has 6 nitrogen and oxygen atoms in total. The molecule has 118 valence electrons.